The maximum absolute atomic E-state index is 11.9. The van der Waals surface area contributed by atoms with Crippen molar-refractivity contribution < 1.29 is 4.79 Å². The summed E-state index contributed by atoms with van der Waals surface area (Å²) in [6, 6.07) is 4.18. The Morgan fingerprint density at radius 2 is 2.06 bits per heavy atom. The van der Waals surface area contributed by atoms with Gasteiger partial charge in [0, 0.05) is 27.2 Å². The van der Waals surface area contributed by atoms with Crippen molar-refractivity contribution in [2.45, 2.75) is 33.1 Å². The lowest BCUT2D eigenvalue weighted by molar-refractivity contribution is -0.117. The third-order valence-corrected chi connectivity index (χ3v) is 4.65. The van der Waals surface area contributed by atoms with Crippen LogP contribution in [0.1, 0.15) is 27.4 Å². The number of aryl methyl sites for hydroxylation is 2. The van der Waals surface area contributed by atoms with E-state index in [9.17, 15) is 4.79 Å². The van der Waals surface area contributed by atoms with Gasteiger partial charge >= 0.3 is 0 Å². The first-order chi connectivity index (χ1) is 8.17. The molecule has 0 bridgehead atoms. The zero-order valence-electron chi connectivity index (χ0n) is 10.0. The highest BCUT2D eigenvalue weighted by Gasteiger charge is 2.09. The number of carbonyl (C=O) groups excluding carboxylic acids is 1. The summed E-state index contributed by atoms with van der Waals surface area (Å²) in [7, 11) is 0. The van der Waals surface area contributed by atoms with Gasteiger partial charge in [0.15, 0.2) is 0 Å². The van der Waals surface area contributed by atoms with E-state index in [1.54, 1.807) is 22.7 Å². The van der Waals surface area contributed by atoms with Gasteiger partial charge in [-0.05, 0) is 25.5 Å². The number of hydrogen-bond donors (Lipinski definition) is 0. The van der Waals surface area contributed by atoms with Gasteiger partial charge in [-0.15, -0.1) is 22.7 Å². The highest BCUT2D eigenvalue weighted by Crippen LogP contribution is 2.18. The van der Waals surface area contributed by atoms with Gasteiger partial charge < -0.3 is 0 Å². The number of ketones is 1. The van der Waals surface area contributed by atoms with Crippen LogP contribution >= 0.6 is 22.7 Å². The Balaban J connectivity index is 1.93. The largest absolute Gasteiger partial charge is 0.299 e. The molecule has 17 heavy (non-hydrogen) atoms. The van der Waals surface area contributed by atoms with Gasteiger partial charge in [0.05, 0.1) is 6.42 Å². The molecule has 0 aliphatic heterocycles. The summed E-state index contributed by atoms with van der Waals surface area (Å²) >= 11 is 3.31. The highest BCUT2D eigenvalue weighted by molar-refractivity contribution is 7.12. The van der Waals surface area contributed by atoms with Crippen molar-refractivity contribution in [3.8, 4) is 0 Å². The molecule has 4 heteroatoms. The van der Waals surface area contributed by atoms with Crippen molar-refractivity contribution in [1.82, 2.24) is 4.98 Å². The molecule has 0 aromatic carbocycles. The first kappa shape index (κ1) is 12.5. The summed E-state index contributed by atoms with van der Waals surface area (Å²) in [5.74, 6) is 0.254. The van der Waals surface area contributed by atoms with Crippen molar-refractivity contribution in [1.29, 1.82) is 0 Å². The Labute approximate surface area is 109 Å². The quantitative estimate of drug-likeness (QED) is 0.829. The lowest BCUT2D eigenvalue weighted by Crippen LogP contribution is -2.05. The fourth-order valence-electron chi connectivity index (χ4n) is 1.62. The number of thiophene rings is 1. The van der Waals surface area contributed by atoms with Gasteiger partial charge in [0.25, 0.3) is 0 Å². The van der Waals surface area contributed by atoms with Crippen LogP contribution in [0.2, 0.25) is 0 Å². The van der Waals surface area contributed by atoms with E-state index in [1.807, 2.05) is 12.3 Å². The normalized spacial score (nSPS) is 10.7. The maximum Gasteiger partial charge on any atom is 0.144 e. The van der Waals surface area contributed by atoms with Crippen LogP contribution in [-0.4, -0.2) is 10.8 Å². The molecule has 0 spiro atoms. The number of rotatable bonds is 5. The van der Waals surface area contributed by atoms with E-state index in [0.29, 0.717) is 12.8 Å². The minimum Gasteiger partial charge on any atom is -0.299 e. The molecule has 2 aromatic heterocycles. The number of Topliss-reactive ketones (excluding diaryl/α,β-unsaturated/α-hetero) is 1. The third kappa shape index (κ3) is 3.48. The van der Waals surface area contributed by atoms with E-state index in [4.69, 9.17) is 0 Å². The van der Waals surface area contributed by atoms with Crippen LogP contribution in [0.4, 0.5) is 0 Å². The molecule has 90 valence electrons. The molecule has 0 atom stereocenters. The van der Waals surface area contributed by atoms with Gasteiger partial charge in [-0.3, -0.25) is 4.79 Å². The molecular formula is C13H15NOS2. The summed E-state index contributed by atoms with van der Waals surface area (Å²) in [4.78, 5) is 18.7. The molecule has 2 nitrogen and oxygen atoms in total. The molecule has 0 fully saturated rings. The lowest BCUT2D eigenvalue weighted by Gasteiger charge is -1.95. The third-order valence-electron chi connectivity index (χ3n) is 2.45. The molecule has 0 amide bonds. The van der Waals surface area contributed by atoms with Gasteiger partial charge in [0.2, 0.25) is 0 Å². The monoisotopic (exact) mass is 265 g/mol. The summed E-state index contributed by atoms with van der Waals surface area (Å²) in [5, 5.41) is 2.92. The van der Waals surface area contributed by atoms with E-state index in [2.05, 4.69) is 24.0 Å². The number of hydrogen-bond acceptors (Lipinski definition) is 4. The van der Waals surface area contributed by atoms with E-state index in [1.165, 1.54) is 9.75 Å². The minimum absolute atomic E-state index is 0.254. The van der Waals surface area contributed by atoms with E-state index >= 15 is 0 Å². The van der Waals surface area contributed by atoms with E-state index in [0.717, 1.165) is 17.1 Å². The van der Waals surface area contributed by atoms with Crippen LogP contribution in [0.25, 0.3) is 0 Å². The molecule has 2 rings (SSSR count). The van der Waals surface area contributed by atoms with Crippen molar-refractivity contribution in [2.24, 2.45) is 0 Å². The maximum atomic E-state index is 11.9. The molecule has 0 saturated carbocycles. The average molecular weight is 265 g/mol. The molecule has 0 N–H and O–H groups in total. The number of carbonyl (C=O) groups is 1. The van der Waals surface area contributed by atoms with Gasteiger partial charge in [0.1, 0.15) is 10.8 Å². The Bertz CT molecular complexity index is 513. The Hall–Kier alpha value is -1.00. The zero-order chi connectivity index (χ0) is 12.3. The van der Waals surface area contributed by atoms with Crippen molar-refractivity contribution in [3.63, 3.8) is 0 Å². The summed E-state index contributed by atoms with van der Waals surface area (Å²) in [6.45, 7) is 4.09. The lowest BCUT2D eigenvalue weighted by atomic mass is 10.2. The van der Waals surface area contributed by atoms with Crippen LogP contribution < -0.4 is 0 Å². The van der Waals surface area contributed by atoms with Crippen LogP contribution in [0.5, 0.6) is 0 Å². The van der Waals surface area contributed by atoms with Crippen molar-refractivity contribution >= 4 is 28.5 Å². The van der Waals surface area contributed by atoms with Gasteiger partial charge in [-0.25, -0.2) is 4.98 Å². The number of nitrogens with zero attached hydrogens (tertiary/aromatic N) is 1. The van der Waals surface area contributed by atoms with Crippen LogP contribution in [0.3, 0.4) is 0 Å². The zero-order valence-corrected chi connectivity index (χ0v) is 11.7. The van der Waals surface area contributed by atoms with Crippen molar-refractivity contribution in [3.05, 3.63) is 38.0 Å². The van der Waals surface area contributed by atoms with Crippen molar-refractivity contribution in [2.75, 3.05) is 0 Å². The van der Waals surface area contributed by atoms with Gasteiger partial charge in [-0.1, -0.05) is 6.92 Å². The second-order valence-electron chi connectivity index (χ2n) is 4.00. The van der Waals surface area contributed by atoms with Crippen LogP contribution in [-0.2, 0) is 24.1 Å². The number of aromatic nitrogens is 1. The van der Waals surface area contributed by atoms with Crippen LogP contribution in [0.15, 0.2) is 17.5 Å². The van der Waals surface area contributed by atoms with Gasteiger partial charge in [-0.2, -0.15) is 0 Å². The van der Waals surface area contributed by atoms with Crippen LogP contribution in [0, 0.1) is 6.92 Å². The summed E-state index contributed by atoms with van der Waals surface area (Å²) in [6.07, 6.45) is 2.06. The predicted octanol–water partition coefficient (Wildman–Crippen LogP) is 3.43. The molecule has 0 saturated heterocycles. The molecule has 0 radical (unpaired) electrons. The summed E-state index contributed by atoms with van der Waals surface area (Å²) in [5.41, 5.74) is 1.00. The SMILES string of the molecule is CCc1ccc(CC(=O)Cc2nc(C)cs2)s1. The summed E-state index contributed by atoms with van der Waals surface area (Å²) < 4.78 is 0. The Kier molecular flexibility index (Phi) is 4.07. The first-order valence-corrected chi connectivity index (χ1v) is 7.37. The standard InChI is InChI=1S/C13H15NOS2/c1-3-11-4-5-12(17-11)6-10(15)7-13-14-9(2)8-16-13/h4-5,8H,3,6-7H2,1-2H3. The fraction of sp³-hybridized carbons (Fsp3) is 0.385. The smallest absolute Gasteiger partial charge is 0.144 e. The second-order valence-corrected chi connectivity index (χ2v) is 6.19. The number of thiazole rings is 1. The molecule has 2 aromatic rings. The van der Waals surface area contributed by atoms with E-state index in [-0.39, 0.29) is 5.78 Å². The highest BCUT2D eigenvalue weighted by atomic mass is 32.1. The average Bonchev–Trinajstić information content (AvgIpc) is 2.88. The van der Waals surface area contributed by atoms with E-state index < -0.39 is 0 Å². The molecular weight excluding hydrogens is 250 g/mol. The first-order valence-electron chi connectivity index (χ1n) is 5.67. The fourth-order valence-corrected chi connectivity index (χ4v) is 3.40. The minimum atomic E-state index is 0.254. The molecule has 0 aliphatic rings. The molecule has 0 aliphatic carbocycles. The Morgan fingerprint density at radius 1 is 1.29 bits per heavy atom. The predicted molar refractivity (Wildman–Crippen MR) is 73.0 cm³/mol. The topological polar surface area (TPSA) is 30.0 Å². The molecule has 0 unspecified atom stereocenters. The molecule has 2 heterocycles. The Morgan fingerprint density at radius 3 is 2.65 bits per heavy atom. The second kappa shape index (κ2) is 5.56.